The normalized spacial score (nSPS) is 29.4. The van der Waals surface area contributed by atoms with Gasteiger partial charge in [-0.15, -0.1) is 0 Å². The molecule has 0 aliphatic carbocycles. The van der Waals surface area contributed by atoms with Crippen LogP contribution < -0.4 is 10.5 Å². The summed E-state index contributed by atoms with van der Waals surface area (Å²) in [6.45, 7) is 0. The van der Waals surface area contributed by atoms with Gasteiger partial charge < -0.3 is 15.2 Å². The van der Waals surface area contributed by atoms with Crippen molar-refractivity contribution in [2.75, 3.05) is 5.32 Å². The van der Waals surface area contributed by atoms with E-state index in [9.17, 15) is 23.1 Å². The fraction of sp³-hybridized carbons (Fsp3) is 0.429. The minimum atomic E-state index is -3.80. The summed E-state index contributed by atoms with van der Waals surface area (Å²) >= 11 is 0. The van der Waals surface area contributed by atoms with E-state index in [1.54, 1.807) is 0 Å². The van der Waals surface area contributed by atoms with Crippen molar-refractivity contribution in [2.45, 2.75) is 29.9 Å². The van der Waals surface area contributed by atoms with Gasteiger partial charge in [0.15, 0.2) is 0 Å². The number of nitrogens with one attached hydrogen (secondary N) is 1. The molecule has 2 aliphatic rings. The van der Waals surface area contributed by atoms with Crippen molar-refractivity contribution in [3.8, 4) is 0 Å². The molecule has 1 amide bonds. The van der Waals surface area contributed by atoms with E-state index in [1.807, 2.05) is 0 Å². The summed E-state index contributed by atoms with van der Waals surface area (Å²) in [6, 6.07) is 5.36. The lowest BCUT2D eigenvalue weighted by Crippen LogP contribution is -2.40. The van der Waals surface area contributed by atoms with Gasteiger partial charge in [-0.1, -0.05) is 0 Å². The summed E-state index contributed by atoms with van der Waals surface area (Å²) < 4.78 is 27.9. The number of ether oxygens (including phenoxy) is 1. The maximum absolute atomic E-state index is 12.4. The second-order valence-corrected chi connectivity index (χ2v) is 7.30. The van der Waals surface area contributed by atoms with Crippen molar-refractivity contribution in [2.24, 2.45) is 17.0 Å². The maximum atomic E-state index is 12.4. The Morgan fingerprint density at radius 3 is 2.22 bits per heavy atom. The highest BCUT2D eigenvalue weighted by Crippen LogP contribution is 2.44. The predicted octanol–water partition coefficient (Wildman–Crippen LogP) is 0.151. The monoisotopic (exact) mass is 340 g/mol. The van der Waals surface area contributed by atoms with Crippen LogP contribution in [0.2, 0.25) is 0 Å². The first-order valence-corrected chi connectivity index (χ1v) is 8.64. The molecule has 2 heterocycles. The molecule has 8 nitrogen and oxygen atoms in total. The largest absolute Gasteiger partial charge is 0.481 e. The van der Waals surface area contributed by atoms with Crippen LogP contribution in [0.15, 0.2) is 29.2 Å². The van der Waals surface area contributed by atoms with Gasteiger partial charge in [0.2, 0.25) is 15.9 Å². The molecule has 0 saturated carbocycles. The second kappa shape index (κ2) is 5.59. The minimum Gasteiger partial charge on any atom is -0.481 e. The van der Waals surface area contributed by atoms with Gasteiger partial charge >= 0.3 is 5.97 Å². The molecule has 9 heteroatoms. The molecule has 3 rings (SSSR count). The Morgan fingerprint density at radius 2 is 1.70 bits per heavy atom. The van der Waals surface area contributed by atoms with E-state index in [1.165, 1.54) is 24.3 Å². The van der Waals surface area contributed by atoms with Gasteiger partial charge in [-0.25, -0.2) is 13.6 Å². The van der Waals surface area contributed by atoms with Crippen LogP contribution in [0.1, 0.15) is 12.8 Å². The van der Waals surface area contributed by atoms with Crippen molar-refractivity contribution in [1.82, 2.24) is 0 Å². The van der Waals surface area contributed by atoms with Gasteiger partial charge in [-0.2, -0.15) is 0 Å². The zero-order valence-electron chi connectivity index (χ0n) is 12.0. The fourth-order valence-corrected chi connectivity index (χ4v) is 3.79. The Balaban J connectivity index is 1.75. The number of aliphatic carboxylic acids is 1. The molecule has 0 unspecified atom stereocenters. The Hall–Kier alpha value is -1.97. The number of hydrogen-bond acceptors (Lipinski definition) is 5. The smallest absolute Gasteiger partial charge is 0.310 e. The number of carbonyl (C=O) groups excluding carboxylic acids is 1. The Kier molecular flexibility index (Phi) is 3.86. The van der Waals surface area contributed by atoms with Crippen molar-refractivity contribution >= 4 is 27.6 Å². The predicted molar refractivity (Wildman–Crippen MR) is 79.0 cm³/mol. The van der Waals surface area contributed by atoms with Crippen molar-refractivity contribution in [3.63, 3.8) is 0 Å². The van der Waals surface area contributed by atoms with Gasteiger partial charge in [0.05, 0.1) is 28.9 Å². The Bertz CT molecular complexity index is 745. The first kappa shape index (κ1) is 15.9. The standard InChI is InChI=1S/C14H16N2O6S/c15-23(20,21)8-3-1-7(2-4-8)16-13(17)11-9-5-6-10(22-9)12(11)14(18)19/h1-4,9-12H,5-6H2,(H,16,17)(H,18,19)(H2,15,20,21)/t9-,10+,11+,12+/m1/s1. The maximum Gasteiger partial charge on any atom is 0.310 e. The highest BCUT2D eigenvalue weighted by atomic mass is 32.2. The lowest BCUT2D eigenvalue weighted by Gasteiger charge is -2.23. The number of carboxylic acid groups (broad SMARTS) is 1. The molecule has 0 radical (unpaired) electrons. The molecule has 2 saturated heterocycles. The third-order valence-corrected chi connectivity index (χ3v) is 5.24. The van der Waals surface area contributed by atoms with Crippen LogP contribution in [0.25, 0.3) is 0 Å². The van der Waals surface area contributed by atoms with E-state index in [2.05, 4.69) is 5.32 Å². The van der Waals surface area contributed by atoms with E-state index in [4.69, 9.17) is 9.88 Å². The van der Waals surface area contributed by atoms with E-state index < -0.39 is 39.8 Å². The SMILES string of the molecule is NS(=O)(=O)c1ccc(NC(=O)[C@@H]2[C@@H](C(=O)O)[C@@H]3CC[C@H]2O3)cc1. The summed E-state index contributed by atoms with van der Waals surface area (Å²) in [6.07, 6.45) is 0.508. The molecule has 2 aliphatic heterocycles. The highest BCUT2D eigenvalue weighted by molar-refractivity contribution is 7.89. The Labute approximate surface area is 132 Å². The van der Waals surface area contributed by atoms with Crippen LogP contribution in [0.3, 0.4) is 0 Å². The number of carbonyl (C=O) groups is 2. The third-order valence-electron chi connectivity index (χ3n) is 4.31. The topological polar surface area (TPSA) is 136 Å². The zero-order chi connectivity index (χ0) is 16.8. The number of carboxylic acids is 1. The van der Waals surface area contributed by atoms with E-state index in [0.717, 1.165) is 0 Å². The van der Waals surface area contributed by atoms with Gasteiger partial charge in [0.25, 0.3) is 0 Å². The minimum absolute atomic E-state index is 0.0674. The molecular weight excluding hydrogens is 324 g/mol. The number of fused-ring (bicyclic) bond motifs is 2. The number of benzene rings is 1. The lowest BCUT2D eigenvalue weighted by atomic mass is 9.78. The average molecular weight is 340 g/mol. The van der Waals surface area contributed by atoms with Crippen LogP contribution >= 0.6 is 0 Å². The summed E-state index contributed by atoms with van der Waals surface area (Å²) in [5.41, 5.74) is 0.370. The molecule has 1 aromatic carbocycles. The van der Waals surface area contributed by atoms with Crippen LogP contribution in [0, 0.1) is 11.8 Å². The number of anilines is 1. The molecule has 2 fully saturated rings. The molecular formula is C14H16N2O6S. The lowest BCUT2D eigenvalue weighted by molar-refractivity contribution is -0.147. The van der Waals surface area contributed by atoms with Gasteiger partial charge in [0, 0.05) is 5.69 Å². The third kappa shape index (κ3) is 2.94. The molecule has 0 aromatic heterocycles. The summed E-state index contributed by atoms with van der Waals surface area (Å²) in [5, 5.41) is 16.9. The van der Waals surface area contributed by atoms with E-state index in [-0.39, 0.29) is 11.0 Å². The fourth-order valence-electron chi connectivity index (χ4n) is 3.28. The zero-order valence-corrected chi connectivity index (χ0v) is 12.8. The number of nitrogens with two attached hydrogens (primary N) is 1. The Morgan fingerprint density at radius 1 is 1.13 bits per heavy atom. The first-order valence-electron chi connectivity index (χ1n) is 7.09. The first-order chi connectivity index (χ1) is 10.8. The van der Waals surface area contributed by atoms with Gasteiger partial charge in [0.1, 0.15) is 0 Å². The van der Waals surface area contributed by atoms with Gasteiger partial charge in [-0.3, -0.25) is 9.59 Å². The molecule has 124 valence electrons. The van der Waals surface area contributed by atoms with Crippen molar-refractivity contribution < 1.29 is 27.9 Å². The molecule has 0 spiro atoms. The summed E-state index contributed by atoms with van der Waals surface area (Å²) in [4.78, 5) is 23.7. The van der Waals surface area contributed by atoms with Crippen molar-refractivity contribution in [3.05, 3.63) is 24.3 Å². The second-order valence-electron chi connectivity index (χ2n) is 5.74. The van der Waals surface area contributed by atoms with Crippen LogP contribution in [0.5, 0.6) is 0 Å². The van der Waals surface area contributed by atoms with Gasteiger partial charge in [-0.05, 0) is 37.1 Å². The highest BCUT2D eigenvalue weighted by Gasteiger charge is 2.55. The molecule has 1 aromatic rings. The van der Waals surface area contributed by atoms with Crippen LogP contribution in [-0.4, -0.2) is 37.6 Å². The summed E-state index contributed by atoms with van der Waals surface area (Å²) in [5.74, 6) is -3.07. The van der Waals surface area contributed by atoms with Crippen molar-refractivity contribution in [1.29, 1.82) is 0 Å². The number of sulfonamides is 1. The van der Waals surface area contributed by atoms with Crippen LogP contribution in [0.4, 0.5) is 5.69 Å². The number of hydrogen-bond donors (Lipinski definition) is 3. The quantitative estimate of drug-likeness (QED) is 0.714. The molecule has 4 atom stereocenters. The summed E-state index contributed by atoms with van der Waals surface area (Å²) in [7, 11) is -3.80. The van der Waals surface area contributed by atoms with E-state index in [0.29, 0.717) is 18.5 Å². The number of rotatable bonds is 4. The molecule has 4 N–H and O–H groups in total. The molecule has 23 heavy (non-hydrogen) atoms. The average Bonchev–Trinajstić information content (AvgIpc) is 3.07. The van der Waals surface area contributed by atoms with Crippen LogP contribution in [-0.2, 0) is 24.3 Å². The number of amides is 1. The number of primary sulfonamides is 1. The van der Waals surface area contributed by atoms with E-state index >= 15 is 0 Å². The molecule has 2 bridgehead atoms.